The number of hydrogen-bond acceptors (Lipinski definition) is 7. The van der Waals surface area contributed by atoms with Crippen molar-refractivity contribution in [2.75, 3.05) is 18.5 Å². The maximum atomic E-state index is 5.99. The van der Waals surface area contributed by atoms with Crippen molar-refractivity contribution >= 4 is 23.2 Å². The molecule has 0 radical (unpaired) electrons. The zero-order valence-corrected chi connectivity index (χ0v) is 17.0. The van der Waals surface area contributed by atoms with E-state index >= 15 is 0 Å². The van der Waals surface area contributed by atoms with E-state index in [0.717, 1.165) is 54.5 Å². The highest BCUT2D eigenvalue weighted by Crippen LogP contribution is 2.21. The van der Waals surface area contributed by atoms with Gasteiger partial charge < -0.3 is 10.1 Å². The first-order valence-electron chi connectivity index (χ1n) is 9.87. The number of fused-ring (bicyclic) bond motifs is 1. The van der Waals surface area contributed by atoms with Crippen molar-refractivity contribution in [3.63, 3.8) is 0 Å². The van der Waals surface area contributed by atoms with Crippen LogP contribution in [0.25, 0.3) is 16.9 Å². The van der Waals surface area contributed by atoms with Gasteiger partial charge in [0.15, 0.2) is 5.65 Å². The predicted molar refractivity (Wildman–Crippen MR) is 114 cm³/mol. The Bertz CT molecular complexity index is 1170. The summed E-state index contributed by atoms with van der Waals surface area (Å²) in [6.07, 6.45) is 6.20. The summed E-state index contributed by atoms with van der Waals surface area (Å²) in [7, 11) is 0. The Balaban J connectivity index is 1.38. The molecule has 4 aromatic heterocycles. The van der Waals surface area contributed by atoms with Crippen LogP contribution in [0.1, 0.15) is 24.4 Å². The van der Waals surface area contributed by atoms with Gasteiger partial charge in [-0.05, 0) is 43.2 Å². The summed E-state index contributed by atoms with van der Waals surface area (Å²) in [5.41, 5.74) is 3.39. The zero-order valence-electron chi connectivity index (χ0n) is 16.2. The molecule has 0 aromatic carbocycles. The maximum Gasteiger partial charge on any atom is 0.223 e. The number of ether oxygens (including phenoxy) is 1. The molecule has 0 aliphatic carbocycles. The lowest BCUT2D eigenvalue weighted by molar-refractivity contribution is 0.0903. The van der Waals surface area contributed by atoms with Crippen LogP contribution in [-0.4, -0.2) is 48.8 Å². The van der Waals surface area contributed by atoms with Crippen molar-refractivity contribution in [1.29, 1.82) is 0 Å². The monoisotopic (exact) mass is 421 g/mol. The number of pyridine rings is 2. The number of halogens is 1. The molecular weight excluding hydrogens is 402 g/mol. The molecule has 5 rings (SSSR count). The molecule has 0 bridgehead atoms. The highest BCUT2D eigenvalue weighted by molar-refractivity contribution is 6.29. The maximum absolute atomic E-state index is 5.99. The Morgan fingerprint density at radius 1 is 1.10 bits per heavy atom. The summed E-state index contributed by atoms with van der Waals surface area (Å²) in [4.78, 5) is 13.4. The van der Waals surface area contributed by atoms with Crippen LogP contribution in [0.4, 0.5) is 5.95 Å². The molecule has 1 fully saturated rings. The number of hydrogen-bond donors (Lipinski definition) is 1. The largest absolute Gasteiger partial charge is 0.381 e. The average molecular weight is 422 g/mol. The fourth-order valence-electron chi connectivity index (χ4n) is 3.54. The van der Waals surface area contributed by atoms with Gasteiger partial charge in [0.25, 0.3) is 0 Å². The van der Waals surface area contributed by atoms with Gasteiger partial charge in [-0.3, -0.25) is 4.40 Å². The molecule has 4 aromatic rings. The van der Waals surface area contributed by atoms with Crippen LogP contribution in [0.3, 0.4) is 0 Å². The zero-order chi connectivity index (χ0) is 20.3. The molecule has 1 saturated heterocycles. The number of nitrogens with one attached hydrogen (secondary N) is 1. The molecule has 5 heterocycles. The van der Waals surface area contributed by atoms with Crippen molar-refractivity contribution in [3.05, 3.63) is 65.5 Å². The van der Waals surface area contributed by atoms with E-state index in [0.29, 0.717) is 23.6 Å². The minimum Gasteiger partial charge on any atom is -0.381 e. The van der Waals surface area contributed by atoms with E-state index < -0.39 is 0 Å². The lowest BCUT2D eigenvalue weighted by atomic mass is 10.1. The number of nitrogens with zero attached hydrogens (tertiary/aromatic N) is 6. The lowest BCUT2D eigenvalue weighted by Crippen LogP contribution is -2.28. The Kier molecular flexibility index (Phi) is 5.25. The first-order chi connectivity index (χ1) is 14.7. The van der Waals surface area contributed by atoms with E-state index in [1.807, 2.05) is 40.9 Å². The van der Waals surface area contributed by atoms with E-state index in [-0.39, 0.29) is 0 Å². The molecule has 9 heteroatoms. The van der Waals surface area contributed by atoms with E-state index in [2.05, 4.69) is 30.5 Å². The Morgan fingerprint density at radius 3 is 2.87 bits per heavy atom. The van der Waals surface area contributed by atoms with Gasteiger partial charge in [-0.25, -0.2) is 15.0 Å². The minimum absolute atomic E-state index is 0.343. The van der Waals surface area contributed by atoms with E-state index in [1.54, 1.807) is 12.3 Å². The molecule has 8 nitrogen and oxygen atoms in total. The van der Waals surface area contributed by atoms with Crippen LogP contribution >= 0.6 is 11.6 Å². The van der Waals surface area contributed by atoms with Crippen LogP contribution < -0.4 is 5.32 Å². The molecule has 152 valence electrons. The van der Waals surface area contributed by atoms with Crippen LogP contribution in [-0.2, 0) is 11.2 Å². The third-order valence-corrected chi connectivity index (χ3v) is 5.31. The van der Waals surface area contributed by atoms with Crippen LogP contribution in [0.5, 0.6) is 0 Å². The fourth-order valence-corrected chi connectivity index (χ4v) is 3.73. The molecule has 0 atom stereocenters. The molecule has 0 spiro atoms. The smallest absolute Gasteiger partial charge is 0.223 e. The fraction of sp³-hybridized carbons (Fsp3) is 0.286. The highest BCUT2D eigenvalue weighted by atomic mass is 35.5. The minimum atomic E-state index is 0.343. The summed E-state index contributed by atoms with van der Waals surface area (Å²) in [5.74, 6) is 1.43. The third kappa shape index (κ3) is 4.10. The van der Waals surface area contributed by atoms with Crippen molar-refractivity contribution in [1.82, 2.24) is 29.5 Å². The van der Waals surface area contributed by atoms with Gasteiger partial charge in [0.2, 0.25) is 5.95 Å². The number of anilines is 1. The molecule has 1 aliphatic rings. The number of aromatic nitrogens is 6. The Labute approximate surface area is 178 Å². The Morgan fingerprint density at radius 2 is 2.00 bits per heavy atom. The molecular formula is C21H20ClN7O. The second-order valence-corrected chi connectivity index (χ2v) is 7.57. The van der Waals surface area contributed by atoms with E-state index in [4.69, 9.17) is 16.3 Å². The van der Waals surface area contributed by atoms with Crippen molar-refractivity contribution in [2.45, 2.75) is 25.3 Å². The molecule has 1 aliphatic heterocycles. The standard InChI is InChI=1S/C21H20ClN7O/c22-18-3-1-2-16(24-18)13-20-28-27-19-12-14(5-9-29(19)20)17-4-8-23-21(26-17)25-15-6-10-30-11-7-15/h1-5,8-9,12,15H,6-7,10-11,13H2,(H,23,25,26). The summed E-state index contributed by atoms with van der Waals surface area (Å²) < 4.78 is 7.36. The van der Waals surface area contributed by atoms with Crippen LogP contribution in [0.2, 0.25) is 5.15 Å². The van der Waals surface area contributed by atoms with Crippen molar-refractivity contribution < 1.29 is 4.74 Å². The lowest BCUT2D eigenvalue weighted by Gasteiger charge is -2.23. The average Bonchev–Trinajstić information content (AvgIpc) is 3.17. The normalized spacial score (nSPS) is 14.8. The second-order valence-electron chi connectivity index (χ2n) is 7.18. The van der Waals surface area contributed by atoms with Crippen molar-refractivity contribution in [2.24, 2.45) is 0 Å². The summed E-state index contributed by atoms with van der Waals surface area (Å²) >= 11 is 5.99. The summed E-state index contributed by atoms with van der Waals surface area (Å²) in [5, 5.41) is 12.5. The predicted octanol–water partition coefficient (Wildman–Crippen LogP) is 3.42. The SMILES string of the molecule is Clc1cccc(Cc2nnc3cc(-c4ccnc(NC5CCOCC5)n4)ccn23)n1. The Hall–Kier alpha value is -3.10. The topological polar surface area (TPSA) is 90.1 Å². The van der Waals surface area contributed by atoms with Crippen molar-refractivity contribution in [3.8, 4) is 11.3 Å². The van der Waals surface area contributed by atoms with E-state index in [9.17, 15) is 0 Å². The first kappa shape index (κ1) is 18.9. The number of rotatable bonds is 5. The summed E-state index contributed by atoms with van der Waals surface area (Å²) in [6.45, 7) is 1.54. The van der Waals surface area contributed by atoms with Gasteiger partial charge in [0.1, 0.15) is 11.0 Å². The van der Waals surface area contributed by atoms with Gasteiger partial charge >= 0.3 is 0 Å². The van der Waals surface area contributed by atoms with Crippen LogP contribution in [0.15, 0.2) is 48.8 Å². The van der Waals surface area contributed by atoms with Gasteiger partial charge in [-0.1, -0.05) is 17.7 Å². The quantitative estimate of drug-likeness (QED) is 0.494. The first-order valence-corrected chi connectivity index (χ1v) is 10.3. The van der Waals surface area contributed by atoms with Gasteiger partial charge in [0.05, 0.1) is 12.1 Å². The van der Waals surface area contributed by atoms with Crippen LogP contribution in [0, 0.1) is 0 Å². The molecule has 1 N–H and O–H groups in total. The molecule has 0 amide bonds. The van der Waals surface area contributed by atoms with Gasteiger partial charge in [-0.15, -0.1) is 10.2 Å². The van der Waals surface area contributed by atoms with Gasteiger partial charge in [0, 0.05) is 42.9 Å². The highest BCUT2D eigenvalue weighted by Gasteiger charge is 2.15. The molecule has 30 heavy (non-hydrogen) atoms. The molecule has 0 unspecified atom stereocenters. The molecule has 0 saturated carbocycles. The summed E-state index contributed by atoms with van der Waals surface area (Å²) in [6, 6.07) is 11.8. The van der Waals surface area contributed by atoms with Gasteiger partial charge in [-0.2, -0.15) is 0 Å². The second kappa shape index (κ2) is 8.33. The third-order valence-electron chi connectivity index (χ3n) is 5.10. The van der Waals surface area contributed by atoms with E-state index in [1.165, 1.54) is 0 Å².